The van der Waals surface area contributed by atoms with Crippen LogP contribution in [0.3, 0.4) is 0 Å². The van der Waals surface area contributed by atoms with Gasteiger partial charge in [0.1, 0.15) is 17.6 Å². The van der Waals surface area contributed by atoms with Gasteiger partial charge >= 0.3 is 0 Å². The van der Waals surface area contributed by atoms with Crippen LogP contribution in [0.15, 0.2) is 48.5 Å². The maximum Gasteiger partial charge on any atom is 0.256 e. The molecule has 0 bridgehead atoms. The number of methoxy groups -OCH3 is 1. The first-order chi connectivity index (χ1) is 11.1. The van der Waals surface area contributed by atoms with Crippen molar-refractivity contribution in [2.45, 2.75) is 12.5 Å². The van der Waals surface area contributed by atoms with E-state index in [9.17, 15) is 14.0 Å². The van der Waals surface area contributed by atoms with E-state index in [1.54, 1.807) is 31.4 Å². The van der Waals surface area contributed by atoms with Crippen molar-refractivity contribution < 1.29 is 18.7 Å². The number of hydrogen-bond acceptors (Lipinski definition) is 4. The highest BCUT2D eigenvalue weighted by atomic mass is 19.1. The van der Waals surface area contributed by atoms with Crippen LogP contribution in [0.5, 0.6) is 5.75 Å². The minimum absolute atomic E-state index is 0.0490. The van der Waals surface area contributed by atoms with Crippen molar-refractivity contribution in [3.05, 3.63) is 54.3 Å². The number of nitrogens with zero attached hydrogens (tertiary/aromatic N) is 1. The lowest BCUT2D eigenvalue weighted by atomic mass is 10.2. The van der Waals surface area contributed by atoms with Gasteiger partial charge in [-0.05, 0) is 36.4 Å². The molecule has 3 rings (SSSR count). The Kier molecular flexibility index (Phi) is 3.97. The first-order valence-corrected chi connectivity index (χ1v) is 7.11. The summed E-state index contributed by atoms with van der Waals surface area (Å²) in [5.41, 5.74) is 1.06. The van der Waals surface area contributed by atoms with Gasteiger partial charge in [-0.3, -0.25) is 9.59 Å². The normalized spacial score (nSPS) is 17.5. The zero-order valence-corrected chi connectivity index (χ0v) is 12.5. The van der Waals surface area contributed by atoms with Crippen LogP contribution < -0.4 is 15.0 Å². The van der Waals surface area contributed by atoms with Crippen molar-refractivity contribution in [1.82, 2.24) is 0 Å². The molecule has 23 heavy (non-hydrogen) atoms. The lowest BCUT2D eigenvalue weighted by Crippen LogP contribution is -2.34. The second-order valence-electron chi connectivity index (χ2n) is 5.18. The molecule has 1 saturated heterocycles. The summed E-state index contributed by atoms with van der Waals surface area (Å²) in [6, 6.07) is 11.7. The predicted molar refractivity (Wildman–Crippen MR) is 83.9 cm³/mol. The summed E-state index contributed by atoms with van der Waals surface area (Å²) in [4.78, 5) is 25.7. The minimum Gasteiger partial charge on any atom is -0.497 e. The summed E-state index contributed by atoms with van der Waals surface area (Å²) >= 11 is 0. The lowest BCUT2D eigenvalue weighted by molar-refractivity contribution is -0.121. The fourth-order valence-corrected chi connectivity index (χ4v) is 2.52. The highest BCUT2D eigenvalue weighted by molar-refractivity contribution is 6.23. The minimum atomic E-state index is -0.653. The fourth-order valence-electron chi connectivity index (χ4n) is 2.52. The average Bonchev–Trinajstić information content (AvgIpc) is 2.83. The quantitative estimate of drug-likeness (QED) is 0.881. The predicted octanol–water partition coefficient (Wildman–Crippen LogP) is 2.58. The number of anilines is 2. The standard InChI is InChI=1S/C17H15FN2O3/c1-23-14-4-2-3-12(9-14)19-15-10-16(21)20(17(15)22)13-7-5-11(18)6-8-13/h2-9,15,19H,10H2,1H3/t15-/m0/s1. The van der Waals surface area contributed by atoms with Crippen molar-refractivity contribution in [2.75, 3.05) is 17.3 Å². The Hall–Kier alpha value is -2.89. The molecule has 2 amide bonds. The molecule has 1 fully saturated rings. The largest absolute Gasteiger partial charge is 0.497 e. The van der Waals surface area contributed by atoms with Gasteiger partial charge in [0, 0.05) is 11.8 Å². The first-order valence-electron chi connectivity index (χ1n) is 7.11. The number of carbonyl (C=O) groups excluding carboxylic acids is 2. The van der Waals surface area contributed by atoms with E-state index in [-0.39, 0.29) is 18.2 Å². The Labute approximate surface area is 132 Å². The molecule has 0 aliphatic carbocycles. The maximum atomic E-state index is 13.0. The molecule has 118 valence electrons. The molecule has 0 radical (unpaired) electrons. The van der Waals surface area contributed by atoms with E-state index in [1.165, 1.54) is 24.3 Å². The van der Waals surface area contributed by atoms with Gasteiger partial charge in [0.15, 0.2) is 0 Å². The monoisotopic (exact) mass is 314 g/mol. The molecule has 2 aromatic carbocycles. The van der Waals surface area contributed by atoms with Gasteiger partial charge in [-0.2, -0.15) is 0 Å². The number of amides is 2. The van der Waals surface area contributed by atoms with Crippen LogP contribution in [0.25, 0.3) is 0 Å². The number of halogens is 1. The second kappa shape index (κ2) is 6.08. The van der Waals surface area contributed by atoms with E-state index < -0.39 is 11.9 Å². The van der Waals surface area contributed by atoms with E-state index in [0.717, 1.165) is 4.90 Å². The summed E-state index contributed by atoms with van der Waals surface area (Å²) < 4.78 is 18.1. The van der Waals surface area contributed by atoms with Gasteiger partial charge in [0.25, 0.3) is 5.91 Å². The van der Waals surface area contributed by atoms with Crippen LogP contribution in [-0.4, -0.2) is 25.0 Å². The Balaban J connectivity index is 1.79. The molecule has 1 aliphatic heterocycles. The van der Waals surface area contributed by atoms with E-state index in [1.807, 2.05) is 0 Å². The third-order valence-corrected chi connectivity index (χ3v) is 3.64. The summed E-state index contributed by atoms with van der Waals surface area (Å²) in [5.74, 6) is -0.438. The molecule has 0 saturated carbocycles. The van der Waals surface area contributed by atoms with Crippen LogP contribution in [0.4, 0.5) is 15.8 Å². The maximum absolute atomic E-state index is 13.0. The Morgan fingerprint density at radius 3 is 2.61 bits per heavy atom. The third kappa shape index (κ3) is 3.01. The Morgan fingerprint density at radius 2 is 1.91 bits per heavy atom. The molecule has 5 nitrogen and oxygen atoms in total. The van der Waals surface area contributed by atoms with Crippen LogP contribution >= 0.6 is 0 Å². The van der Waals surface area contributed by atoms with E-state index in [2.05, 4.69) is 5.32 Å². The smallest absolute Gasteiger partial charge is 0.256 e. The van der Waals surface area contributed by atoms with Crippen LogP contribution in [0.1, 0.15) is 6.42 Å². The number of carbonyl (C=O) groups is 2. The number of imide groups is 1. The molecule has 1 heterocycles. The number of hydrogen-bond donors (Lipinski definition) is 1. The van der Waals surface area contributed by atoms with Crippen LogP contribution in [-0.2, 0) is 9.59 Å². The molecule has 0 unspecified atom stereocenters. The van der Waals surface area contributed by atoms with Crippen molar-refractivity contribution in [3.63, 3.8) is 0 Å². The number of nitrogens with one attached hydrogen (secondary N) is 1. The number of ether oxygens (including phenoxy) is 1. The zero-order valence-electron chi connectivity index (χ0n) is 12.5. The van der Waals surface area contributed by atoms with Gasteiger partial charge in [-0.25, -0.2) is 9.29 Å². The molecular formula is C17H15FN2O3. The Bertz CT molecular complexity index is 746. The van der Waals surface area contributed by atoms with Gasteiger partial charge < -0.3 is 10.1 Å². The highest BCUT2D eigenvalue weighted by Gasteiger charge is 2.39. The SMILES string of the molecule is COc1cccc(N[C@H]2CC(=O)N(c3ccc(F)cc3)C2=O)c1. The van der Waals surface area contributed by atoms with Crippen molar-refractivity contribution in [3.8, 4) is 5.75 Å². The zero-order chi connectivity index (χ0) is 16.4. The molecule has 0 spiro atoms. The number of benzene rings is 2. The molecule has 1 aliphatic rings. The van der Waals surface area contributed by atoms with Crippen LogP contribution in [0.2, 0.25) is 0 Å². The molecule has 2 aromatic rings. The lowest BCUT2D eigenvalue weighted by Gasteiger charge is -2.16. The van der Waals surface area contributed by atoms with Gasteiger partial charge in [0.2, 0.25) is 5.91 Å². The Morgan fingerprint density at radius 1 is 1.17 bits per heavy atom. The number of rotatable bonds is 4. The fraction of sp³-hybridized carbons (Fsp3) is 0.176. The average molecular weight is 314 g/mol. The van der Waals surface area contributed by atoms with E-state index in [4.69, 9.17) is 4.74 Å². The molecule has 1 N–H and O–H groups in total. The van der Waals surface area contributed by atoms with E-state index >= 15 is 0 Å². The van der Waals surface area contributed by atoms with Gasteiger partial charge in [-0.15, -0.1) is 0 Å². The highest BCUT2D eigenvalue weighted by Crippen LogP contribution is 2.26. The van der Waals surface area contributed by atoms with Crippen molar-refractivity contribution >= 4 is 23.2 Å². The second-order valence-corrected chi connectivity index (χ2v) is 5.18. The summed E-state index contributed by atoms with van der Waals surface area (Å²) in [6.45, 7) is 0. The summed E-state index contributed by atoms with van der Waals surface area (Å²) in [7, 11) is 1.56. The van der Waals surface area contributed by atoms with Gasteiger partial charge in [0.05, 0.1) is 19.2 Å². The topological polar surface area (TPSA) is 58.6 Å². The van der Waals surface area contributed by atoms with Crippen molar-refractivity contribution in [2.24, 2.45) is 0 Å². The van der Waals surface area contributed by atoms with Crippen LogP contribution in [0, 0.1) is 5.82 Å². The summed E-state index contributed by atoms with van der Waals surface area (Å²) in [6.07, 6.45) is 0.0490. The van der Waals surface area contributed by atoms with E-state index in [0.29, 0.717) is 17.1 Å². The molecular weight excluding hydrogens is 299 g/mol. The third-order valence-electron chi connectivity index (χ3n) is 3.64. The molecule has 1 atom stereocenters. The first kappa shape index (κ1) is 15.0. The molecule has 6 heteroatoms. The van der Waals surface area contributed by atoms with Gasteiger partial charge in [-0.1, -0.05) is 6.07 Å². The van der Waals surface area contributed by atoms with Crippen molar-refractivity contribution in [1.29, 1.82) is 0 Å². The molecule has 0 aromatic heterocycles. The summed E-state index contributed by atoms with van der Waals surface area (Å²) in [5, 5.41) is 3.04.